The summed E-state index contributed by atoms with van der Waals surface area (Å²) in [5, 5.41) is 8.25. The second-order valence-corrected chi connectivity index (χ2v) is 1.80. The zero-order chi connectivity index (χ0) is 5.15. The number of aliphatic hydroxyl groups is 1. The molecule has 0 bridgehead atoms. The van der Waals surface area contributed by atoms with E-state index in [1.165, 1.54) is 6.92 Å². The van der Waals surface area contributed by atoms with Gasteiger partial charge in [-0.3, -0.25) is 0 Å². The Morgan fingerprint density at radius 2 is 1.67 bits per heavy atom. The molecule has 0 aliphatic carbocycles. The van der Waals surface area contributed by atoms with Gasteiger partial charge in [0.15, 0.2) is 0 Å². The van der Waals surface area contributed by atoms with Crippen LogP contribution in [-0.2, 0) is 0 Å². The quantitative estimate of drug-likeness (QED) is 0.494. The SMILES string of the molecule is CC(O)=C(Cl)Cl. The lowest BCUT2D eigenvalue weighted by molar-refractivity contribution is 0.414. The summed E-state index contributed by atoms with van der Waals surface area (Å²) < 4.78 is -0.0741. The first-order valence-corrected chi connectivity index (χ1v) is 2.11. The molecule has 6 heavy (non-hydrogen) atoms. The summed E-state index contributed by atoms with van der Waals surface area (Å²) in [6.45, 7) is 1.41. The van der Waals surface area contributed by atoms with Gasteiger partial charge in [0.2, 0.25) is 0 Å². The van der Waals surface area contributed by atoms with Crippen molar-refractivity contribution in [2.75, 3.05) is 0 Å². The lowest BCUT2D eigenvalue weighted by Crippen LogP contribution is -1.65. The molecular weight excluding hydrogens is 123 g/mol. The van der Waals surface area contributed by atoms with Crippen LogP contribution in [0.2, 0.25) is 0 Å². The summed E-state index contributed by atoms with van der Waals surface area (Å²) in [4.78, 5) is 0. The van der Waals surface area contributed by atoms with Crippen molar-refractivity contribution >= 4 is 23.2 Å². The molecular formula is C3H4Cl2O. The van der Waals surface area contributed by atoms with Gasteiger partial charge in [0.25, 0.3) is 0 Å². The topological polar surface area (TPSA) is 20.2 Å². The van der Waals surface area contributed by atoms with Gasteiger partial charge in [-0.15, -0.1) is 0 Å². The van der Waals surface area contributed by atoms with Gasteiger partial charge in [-0.05, 0) is 6.92 Å². The Bertz CT molecular complexity index is 58.9. The Kier molecular flexibility index (Phi) is 2.37. The molecule has 3 heteroatoms. The van der Waals surface area contributed by atoms with E-state index < -0.39 is 0 Å². The molecule has 0 aromatic carbocycles. The Hall–Kier alpha value is 0.120. The van der Waals surface area contributed by atoms with Gasteiger partial charge < -0.3 is 5.11 Å². The monoisotopic (exact) mass is 126 g/mol. The number of halogens is 2. The van der Waals surface area contributed by atoms with Crippen molar-refractivity contribution in [1.29, 1.82) is 0 Å². The van der Waals surface area contributed by atoms with Crippen molar-refractivity contribution in [3.8, 4) is 0 Å². The van der Waals surface area contributed by atoms with Crippen molar-refractivity contribution < 1.29 is 5.11 Å². The number of allylic oxidation sites excluding steroid dienone is 1. The molecule has 0 aliphatic rings. The number of hydrogen-bond donors (Lipinski definition) is 1. The van der Waals surface area contributed by atoms with Crippen LogP contribution in [-0.4, -0.2) is 5.11 Å². The molecule has 0 amide bonds. The standard InChI is InChI=1S/C3H4Cl2O/c1-2(6)3(4)5/h6H,1H3. The molecule has 0 heterocycles. The van der Waals surface area contributed by atoms with E-state index in [2.05, 4.69) is 0 Å². The average molecular weight is 127 g/mol. The van der Waals surface area contributed by atoms with Crippen molar-refractivity contribution in [1.82, 2.24) is 0 Å². The predicted octanol–water partition coefficient (Wildman–Crippen LogP) is 2.21. The highest BCUT2D eigenvalue weighted by Crippen LogP contribution is 2.09. The van der Waals surface area contributed by atoms with E-state index in [4.69, 9.17) is 28.3 Å². The molecule has 1 N–H and O–H groups in total. The minimum absolute atomic E-state index is 0.0432. The highest BCUT2D eigenvalue weighted by molar-refractivity contribution is 6.56. The van der Waals surface area contributed by atoms with Gasteiger partial charge in [0, 0.05) is 0 Å². The maximum atomic E-state index is 8.25. The van der Waals surface area contributed by atoms with E-state index in [9.17, 15) is 0 Å². The summed E-state index contributed by atoms with van der Waals surface area (Å²) in [7, 11) is 0. The summed E-state index contributed by atoms with van der Waals surface area (Å²) in [6.07, 6.45) is 0. The molecule has 0 saturated heterocycles. The van der Waals surface area contributed by atoms with E-state index in [0.717, 1.165) is 0 Å². The maximum Gasteiger partial charge on any atom is 0.143 e. The molecule has 1 nitrogen and oxygen atoms in total. The highest BCUT2D eigenvalue weighted by Gasteiger charge is 1.85. The van der Waals surface area contributed by atoms with E-state index in [0.29, 0.717) is 0 Å². The molecule has 0 fully saturated rings. The molecule has 0 aromatic rings. The normalized spacial score (nSPS) is 7.83. The summed E-state index contributed by atoms with van der Waals surface area (Å²) in [6, 6.07) is 0. The third kappa shape index (κ3) is 2.36. The van der Waals surface area contributed by atoms with Gasteiger partial charge in [-0.1, -0.05) is 23.2 Å². The van der Waals surface area contributed by atoms with Gasteiger partial charge in [-0.25, -0.2) is 0 Å². The second kappa shape index (κ2) is 2.32. The third-order valence-electron chi connectivity index (χ3n) is 0.273. The minimum Gasteiger partial charge on any atom is -0.510 e. The first-order chi connectivity index (χ1) is 2.64. The van der Waals surface area contributed by atoms with Crippen LogP contribution in [0.4, 0.5) is 0 Å². The third-order valence-corrected chi connectivity index (χ3v) is 0.820. The highest BCUT2D eigenvalue weighted by atomic mass is 35.5. The molecule has 0 spiro atoms. The van der Waals surface area contributed by atoms with Gasteiger partial charge >= 0.3 is 0 Å². The second-order valence-electron chi connectivity index (χ2n) is 0.846. The van der Waals surface area contributed by atoms with Crippen LogP contribution < -0.4 is 0 Å². The number of aliphatic hydroxyl groups excluding tert-OH is 1. The summed E-state index contributed by atoms with van der Waals surface area (Å²) >= 11 is 10.0. The molecule has 0 aromatic heterocycles. The summed E-state index contributed by atoms with van der Waals surface area (Å²) in [5.41, 5.74) is 0. The van der Waals surface area contributed by atoms with E-state index in [1.807, 2.05) is 0 Å². The molecule has 36 valence electrons. The molecule has 0 rings (SSSR count). The fourth-order valence-electron chi connectivity index (χ4n) is 0. The van der Waals surface area contributed by atoms with Crippen molar-refractivity contribution in [3.05, 3.63) is 10.3 Å². The van der Waals surface area contributed by atoms with Crippen molar-refractivity contribution in [3.63, 3.8) is 0 Å². The number of rotatable bonds is 0. The lowest BCUT2D eigenvalue weighted by Gasteiger charge is -1.81. The molecule has 0 saturated carbocycles. The lowest BCUT2D eigenvalue weighted by atomic mass is 10.7. The van der Waals surface area contributed by atoms with E-state index in [1.54, 1.807) is 0 Å². The van der Waals surface area contributed by atoms with E-state index >= 15 is 0 Å². The summed E-state index contributed by atoms with van der Waals surface area (Å²) in [5.74, 6) is -0.0432. The van der Waals surface area contributed by atoms with Gasteiger partial charge in [0.1, 0.15) is 10.3 Å². The Labute approximate surface area is 46.2 Å². The zero-order valence-corrected chi connectivity index (χ0v) is 4.72. The molecule has 0 radical (unpaired) electrons. The maximum absolute atomic E-state index is 8.25. The molecule has 0 unspecified atom stereocenters. The van der Waals surface area contributed by atoms with Crippen LogP contribution >= 0.6 is 23.2 Å². The zero-order valence-electron chi connectivity index (χ0n) is 3.20. The van der Waals surface area contributed by atoms with Crippen LogP contribution in [0, 0.1) is 0 Å². The van der Waals surface area contributed by atoms with Crippen LogP contribution in [0.5, 0.6) is 0 Å². The Morgan fingerprint density at radius 3 is 1.67 bits per heavy atom. The van der Waals surface area contributed by atoms with Crippen LogP contribution in [0.15, 0.2) is 10.3 Å². The average Bonchev–Trinajstić information content (AvgIpc) is 1.36. The van der Waals surface area contributed by atoms with Crippen LogP contribution in [0.3, 0.4) is 0 Å². The molecule has 0 aliphatic heterocycles. The minimum atomic E-state index is -0.0741. The smallest absolute Gasteiger partial charge is 0.143 e. The van der Waals surface area contributed by atoms with Crippen molar-refractivity contribution in [2.45, 2.75) is 6.92 Å². The van der Waals surface area contributed by atoms with Crippen LogP contribution in [0.1, 0.15) is 6.92 Å². The first-order valence-electron chi connectivity index (χ1n) is 1.35. The molecule has 0 atom stereocenters. The van der Waals surface area contributed by atoms with Crippen molar-refractivity contribution in [2.24, 2.45) is 0 Å². The fraction of sp³-hybridized carbons (Fsp3) is 0.333. The van der Waals surface area contributed by atoms with Crippen LogP contribution in [0.25, 0.3) is 0 Å². The Balaban J connectivity index is 3.68. The van der Waals surface area contributed by atoms with E-state index in [-0.39, 0.29) is 10.3 Å². The first kappa shape index (κ1) is 6.12. The predicted molar refractivity (Wildman–Crippen MR) is 27.0 cm³/mol. The fourth-order valence-corrected chi connectivity index (χ4v) is 0. The van der Waals surface area contributed by atoms with Gasteiger partial charge in [0.05, 0.1) is 0 Å². The number of hydrogen-bond acceptors (Lipinski definition) is 1. The van der Waals surface area contributed by atoms with Gasteiger partial charge in [-0.2, -0.15) is 0 Å². The largest absolute Gasteiger partial charge is 0.510 e. The Morgan fingerprint density at radius 1 is 1.50 bits per heavy atom.